The van der Waals surface area contributed by atoms with Gasteiger partial charge in [-0.15, -0.1) is 11.3 Å². The standard InChI is InChI=1S/C17H22N2S/c1-13-18-17(12-20-13)14-8-10-16(11-9-14)19-15-6-4-2-3-5-7-15/h8-12,15,19H,2-7H2,1H3. The summed E-state index contributed by atoms with van der Waals surface area (Å²) in [5.41, 5.74) is 3.54. The quantitative estimate of drug-likeness (QED) is 0.779. The summed E-state index contributed by atoms with van der Waals surface area (Å²) in [4.78, 5) is 4.54. The molecule has 0 saturated heterocycles. The van der Waals surface area contributed by atoms with Crippen LogP contribution in [-0.4, -0.2) is 11.0 Å². The van der Waals surface area contributed by atoms with E-state index in [9.17, 15) is 0 Å². The van der Waals surface area contributed by atoms with Gasteiger partial charge in [0.25, 0.3) is 0 Å². The fraction of sp³-hybridized carbons (Fsp3) is 0.471. The molecule has 0 spiro atoms. The number of thiazole rings is 1. The number of anilines is 1. The first-order valence-electron chi connectivity index (χ1n) is 7.60. The predicted molar refractivity (Wildman–Crippen MR) is 87.4 cm³/mol. The van der Waals surface area contributed by atoms with E-state index in [1.54, 1.807) is 11.3 Å². The normalized spacial score (nSPS) is 16.9. The second kappa shape index (κ2) is 6.40. The minimum atomic E-state index is 0.657. The van der Waals surface area contributed by atoms with Gasteiger partial charge < -0.3 is 5.32 Å². The summed E-state index contributed by atoms with van der Waals surface area (Å²) in [7, 11) is 0. The zero-order valence-corrected chi connectivity index (χ0v) is 12.9. The van der Waals surface area contributed by atoms with Crippen LogP contribution < -0.4 is 5.32 Å². The Morgan fingerprint density at radius 2 is 1.75 bits per heavy atom. The van der Waals surface area contributed by atoms with E-state index in [1.165, 1.54) is 49.8 Å². The number of benzene rings is 1. The summed E-state index contributed by atoms with van der Waals surface area (Å²) in [5.74, 6) is 0. The van der Waals surface area contributed by atoms with E-state index in [2.05, 4.69) is 46.9 Å². The number of rotatable bonds is 3. The van der Waals surface area contributed by atoms with Gasteiger partial charge in [0.1, 0.15) is 0 Å². The molecule has 1 N–H and O–H groups in total. The summed E-state index contributed by atoms with van der Waals surface area (Å²) in [6.45, 7) is 2.05. The van der Waals surface area contributed by atoms with Gasteiger partial charge >= 0.3 is 0 Å². The van der Waals surface area contributed by atoms with Crippen molar-refractivity contribution in [3.8, 4) is 11.3 Å². The van der Waals surface area contributed by atoms with E-state index in [-0.39, 0.29) is 0 Å². The lowest BCUT2D eigenvalue weighted by molar-refractivity contribution is 0.620. The lowest BCUT2D eigenvalue weighted by atomic mass is 10.1. The van der Waals surface area contributed by atoms with Crippen molar-refractivity contribution in [3.63, 3.8) is 0 Å². The molecule has 1 aliphatic rings. The molecule has 1 aliphatic carbocycles. The van der Waals surface area contributed by atoms with E-state index < -0.39 is 0 Å². The number of aromatic nitrogens is 1. The summed E-state index contributed by atoms with van der Waals surface area (Å²) in [6, 6.07) is 9.38. The Bertz CT molecular complexity index is 536. The maximum Gasteiger partial charge on any atom is 0.0901 e. The van der Waals surface area contributed by atoms with Crippen LogP contribution in [-0.2, 0) is 0 Å². The van der Waals surface area contributed by atoms with Crippen LogP contribution in [0.5, 0.6) is 0 Å². The highest BCUT2D eigenvalue weighted by atomic mass is 32.1. The number of hydrogen-bond donors (Lipinski definition) is 1. The second-order valence-corrected chi connectivity index (χ2v) is 6.72. The Balaban J connectivity index is 1.66. The van der Waals surface area contributed by atoms with Crippen molar-refractivity contribution in [1.82, 2.24) is 4.98 Å². The fourth-order valence-corrected chi connectivity index (χ4v) is 3.51. The van der Waals surface area contributed by atoms with E-state index in [0.717, 1.165) is 10.7 Å². The first-order valence-corrected chi connectivity index (χ1v) is 8.48. The van der Waals surface area contributed by atoms with Crippen LogP contribution in [0.1, 0.15) is 43.5 Å². The van der Waals surface area contributed by atoms with Crippen molar-refractivity contribution in [2.24, 2.45) is 0 Å². The number of nitrogens with one attached hydrogen (secondary N) is 1. The van der Waals surface area contributed by atoms with Gasteiger partial charge in [-0.25, -0.2) is 4.98 Å². The van der Waals surface area contributed by atoms with Crippen molar-refractivity contribution in [3.05, 3.63) is 34.7 Å². The number of aryl methyl sites for hydroxylation is 1. The zero-order valence-electron chi connectivity index (χ0n) is 12.1. The first kappa shape index (κ1) is 13.6. The van der Waals surface area contributed by atoms with Crippen LogP contribution in [0.15, 0.2) is 29.6 Å². The third-order valence-corrected chi connectivity index (χ3v) is 4.80. The molecule has 3 heteroatoms. The maximum atomic E-state index is 4.54. The van der Waals surface area contributed by atoms with Gasteiger partial charge in [0.2, 0.25) is 0 Å². The Labute approximate surface area is 125 Å². The number of nitrogens with zero attached hydrogens (tertiary/aromatic N) is 1. The van der Waals surface area contributed by atoms with Crippen molar-refractivity contribution in [1.29, 1.82) is 0 Å². The molecular weight excluding hydrogens is 264 g/mol. The third kappa shape index (κ3) is 3.40. The van der Waals surface area contributed by atoms with Crippen LogP contribution in [0, 0.1) is 6.92 Å². The average molecular weight is 286 g/mol. The largest absolute Gasteiger partial charge is 0.382 e. The van der Waals surface area contributed by atoms with Gasteiger partial charge in [-0.05, 0) is 31.9 Å². The Morgan fingerprint density at radius 3 is 2.35 bits per heavy atom. The minimum Gasteiger partial charge on any atom is -0.382 e. The van der Waals surface area contributed by atoms with Crippen LogP contribution >= 0.6 is 11.3 Å². The molecule has 0 bridgehead atoms. The molecular formula is C17H22N2S. The number of hydrogen-bond acceptors (Lipinski definition) is 3. The molecule has 0 unspecified atom stereocenters. The van der Waals surface area contributed by atoms with Crippen molar-refractivity contribution >= 4 is 17.0 Å². The minimum absolute atomic E-state index is 0.657. The molecule has 1 fully saturated rings. The highest BCUT2D eigenvalue weighted by molar-refractivity contribution is 7.09. The van der Waals surface area contributed by atoms with E-state index in [4.69, 9.17) is 0 Å². The smallest absolute Gasteiger partial charge is 0.0901 e. The Morgan fingerprint density at radius 1 is 1.05 bits per heavy atom. The molecule has 0 aliphatic heterocycles. The fourth-order valence-electron chi connectivity index (χ4n) is 2.89. The molecule has 2 aromatic rings. The van der Waals surface area contributed by atoms with Gasteiger partial charge in [0.15, 0.2) is 0 Å². The zero-order chi connectivity index (χ0) is 13.8. The SMILES string of the molecule is Cc1nc(-c2ccc(NC3CCCCCC3)cc2)cs1. The molecule has 1 aromatic carbocycles. The Kier molecular flexibility index (Phi) is 4.36. The second-order valence-electron chi connectivity index (χ2n) is 5.66. The van der Waals surface area contributed by atoms with Crippen LogP contribution in [0.3, 0.4) is 0 Å². The summed E-state index contributed by atoms with van der Waals surface area (Å²) in [6.07, 6.45) is 8.17. The molecule has 1 saturated carbocycles. The molecule has 3 rings (SSSR count). The molecule has 2 nitrogen and oxygen atoms in total. The van der Waals surface area contributed by atoms with Gasteiger partial charge in [0, 0.05) is 22.7 Å². The van der Waals surface area contributed by atoms with E-state index in [1.807, 2.05) is 0 Å². The topological polar surface area (TPSA) is 24.9 Å². The Hall–Kier alpha value is -1.35. The van der Waals surface area contributed by atoms with Crippen molar-refractivity contribution in [2.45, 2.75) is 51.5 Å². The summed E-state index contributed by atoms with van der Waals surface area (Å²) in [5, 5.41) is 6.94. The van der Waals surface area contributed by atoms with Gasteiger partial charge in [-0.1, -0.05) is 37.8 Å². The van der Waals surface area contributed by atoms with Gasteiger partial charge in [0.05, 0.1) is 10.7 Å². The van der Waals surface area contributed by atoms with Crippen LogP contribution in [0.4, 0.5) is 5.69 Å². The van der Waals surface area contributed by atoms with Crippen LogP contribution in [0.25, 0.3) is 11.3 Å². The van der Waals surface area contributed by atoms with Crippen molar-refractivity contribution < 1.29 is 0 Å². The predicted octanol–water partition coefficient (Wildman–Crippen LogP) is 5.25. The molecule has 1 aromatic heterocycles. The maximum absolute atomic E-state index is 4.54. The highest BCUT2D eigenvalue weighted by Crippen LogP contribution is 2.25. The van der Waals surface area contributed by atoms with E-state index >= 15 is 0 Å². The summed E-state index contributed by atoms with van der Waals surface area (Å²) >= 11 is 1.71. The average Bonchev–Trinajstić information content (AvgIpc) is 2.73. The first-order chi connectivity index (χ1) is 9.81. The third-order valence-electron chi connectivity index (χ3n) is 4.03. The van der Waals surface area contributed by atoms with Gasteiger partial charge in [-0.3, -0.25) is 0 Å². The monoisotopic (exact) mass is 286 g/mol. The summed E-state index contributed by atoms with van der Waals surface area (Å²) < 4.78 is 0. The van der Waals surface area contributed by atoms with Crippen molar-refractivity contribution in [2.75, 3.05) is 5.32 Å². The van der Waals surface area contributed by atoms with Gasteiger partial charge in [-0.2, -0.15) is 0 Å². The molecule has 0 atom stereocenters. The van der Waals surface area contributed by atoms with E-state index in [0.29, 0.717) is 6.04 Å². The lowest BCUT2D eigenvalue weighted by Crippen LogP contribution is -2.17. The molecule has 1 heterocycles. The highest BCUT2D eigenvalue weighted by Gasteiger charge is 2.11. The molecule has 106 valence electrons. The van der Waals surface area contributed by atoms with Crippen LogP contribution in [0.2, 0.25) is 0 Å². The molecule has 20 heavy (non-hydrogen) atoms. The lowest BCUT2D eigenvalue weighted by Gasteiger charge is -2.17. The molecule has 0 amide bonds. The molecule has 0 radical (unpaired) electrons.